The molecule has 112 valence electrons. The van der Waals surface area contributed by atoms with Crippen LogP contribution in [-0.2, 0) is 0 Å². The van der Waals surface area contributed by atoms with E-state index >= 15 is 0 Å². The predicted molar refractivity (Wildman–Crippen MR) is 87.2 cm³/mol. The minimum atomic E-state index is 0.798. The molecule has 1 aliphatic heterocycles. The Morgan fingerprint density at radius 3 is 2.63 bits per heavy atom. The lowest BCUT2D eigenvalue weighted by molar-refractivity contribution is 0.185. The molecule has 0 aliphatic carbocycles. The smallest absolute Gasteiger partial charge is 0.191 e. The van der Waals surface area contributed by atoms with Gasteiger partial charge < -0.3 is 15.5 Å². The molecular formula is C14H30N4S. The Morgan fingerprint density at radius 2 is 2.05 bits per heavy atom. The highest BCUT2D eigenvalue weighted by Gasteiger charge is 2.18. The second kappa shape index (κ2) is 10.4. The van der Waals surface area contributed by atoms with Crippen molar-refractivity contribution in [2.45, 2.75) is 26.2 Å². The number of likely N-dealkylation sites (tertiary alicyclic amines) is 1. The highest BCUT2D eigenvalue weighted by molar-refractivity contribution is 7.98. The minimum absolute atomic E-state index is 0.798. The summed E-state index contributed by atoms with van der Waals surface area (Å²) in [7, 11) is 1.85. The van der Waals surface area contributed by atoms with E-state index in [0.717, 1.165) is 30.7 Å². The topological polar surface area (TPSA) is 39.7 Å². The first-order valence-corrected chi connectivity index (χ1v) is 8.85. The van der Waals surface area contributed by atoms with Gasteiger partial charge in [-0.15, -0.1) is 0 Å². The third-order valence-corrected chi connectivity index (χ3v) is 4.24. The molecule has 1 fully saturated rings. The predicted octanol–water partition coefficient (Wildman–Crippen LogP) is 1.64. The van der Waals surface area contributed by atoms with Crippen LogP contribution in [0.3, 0.4) is 0 Å². The fourth-order valence-electron chi connectivity index (χ4n) is 2.46. The van der Waals surface area contributed by atoms with Gasteiger partial charge in [0.25, 0.3) is 0 Å². The van der Waals surface area contributed by atoms with Crippen LogP contribution in [0.25, 0.3) is 0 Å². The molecule has 19 heavy (non-hydrogen) atoms. The number of hydrogen-bond donors (Lipinski definition) is 2. The summed E-state index contributed by atoms with van der Waals surface area (Å²) in [4.78, 5) is 6.85. The Bertz CT molecular complexity index is 250. The molecule has 1 heterocycles. The van der Waals surface area contributed by atoms with Crippen LogP contribution in [0.15, 0.2) is 4.99 Å². The molecule has 0 unspecified atom stereocenters. The van der Waals surface area contributed by atoms with Gasteiger partial charge in [0.15, 0.2) is 5.96 Å². The average molecular weight is 286 g/mol. The van der Waals surface area contributed by atoms with Crippen molar-refractivity contribution in [2.75, 3.05) is 51.8 Å². The lowest BCUT2D eigenvalue weighted by Gasteiger charge is -2.32. The van der Waals surface area contributed by atoms with Crippen LogP contribution in [0.4, 0.5) is 0 Å². The van der Waals surface area contributed by atoms with E-state index in [1.165, 1.54) is 38.9 Å². The molecule has 1 saturated heterocycles. The van der Waals surface area contributed by atoms with E-state index in [4.69, 9.17) is 0 Å². The molecule has 0 atom stereocenters. The lowest BCUT2D eigenvalue weighted by Crippen LogP contribution is -2.43. The molecule has 0 aromatic carbocycles. The van der Waals surface area contributed by atoms with Crippen molar-refractivity contribution in [1.82, 2.24) is 15.5 Å². The molecule has 0 radical (unpaired) electrons. The quantitative estimate of drug-likeness (QED) is 0.424. The van der Waals surface area contributed by atoms with E-state index in [9.17, 15) is 0 Å². The maximum atomic E-state index is 4.26. The monoisotopic (exact) mass is 286 g/mol. The molecule has 1 rings (SSSR count). The van der Waals surface area contributed by atoms with Crippen molar-refractivity contribution >= 4 is 17.7 Å². The molecule has 0 amide bonds. The van der Waals surface area contributed by atoms with Gasteiger partial charge in [0.05, 0.1) is 0 Å². The molecule has 2 N–H and O–H groups in total. The summed E-state index contributed by atoms with van der Waals surface area (Å²) in [6.07, 6.45) is 6.03. The second-order valence-corrected chi connectivity index (χ2v) is 6.14. The number of thioether (sulfide) groups is 1. The van der Waals surface area contributed by atoms with Crippen LogP contribution < -0.4 is 10.6 Å². The summed E-state index contributed by atoms with van der Waals surface area (Å²) in [5.41, 5.74) is 0. The Labute approximate surface area is 122 Å². The van der Waals surface area contributed by atoms with Gasteiger partial charge in [-0.05, 0) is 51.1 Å². The first kappa shape index (κ1) is 16.6. The van der Waals surface area contributed by atoms with Gasteiger partial charge >= 0.3 is 0 Å². The van der Waals surface area contributed by atoms with Crippen molar-refractivity contribution in [1.29, 1.82) is 0 Å². The summed E-state index contributed by atoms with van der Waals surface area (Å²) in [6.45, 7) is 8.09. The Balaban J connectivity index is 2.14. The highest BCUT2D eigenvalue weighted by Crippen LogP contribution is 2.16. The number of nitrogens with zero attached hydrogens (tertiary/aromatic N) is 2. The first-order valence-electron chi connectivity index (χ1n) is 7.46. The number of aliphatic imine (C=N–C) groups is 1. The van der Waals surface area contributed by atoms with E-state index in [-0.39, 0.29) is 0 Å². The third-order valence-electron chi connectivity index (χ3n) is 3.63. The average Bonchev–Trinajstić information content (AvgIpc) is 2.44. The summed E-state index contributed by atoms with van der Waals surface area (Å²) in [5, 5.41) is 6.80. The molecule has 0 aromatic heterocycles. The van der Waals surface area contributed by atoms with Crippen LogP contribution in [0.2, 0.25) is 0 Å². The fraction of sp³-hybridized carbons (Fsp3) is 0.929. The van der Waals surface area contributed by atoms with Gasteiger partial charge in [-0.25, -0.2) is 0 Å². The molecule has 4 nitrogen and oxygen atoms in total. The zero-order valence-electron chi connectivity index (χ0n) is 12.7. The zero-order valence-corrected chi connectivity index (χ0v) is 13.6. The molecule has 1 aliphatic rings. The molecule has 0 spiro atoms. The number of guanidine groups is 1. The summed E-state index contributed by atoms with van der Waals surface area (Å²) >= 11 is 1.85. The van der Waals surface area contributed by atoms with E-state index in [0.29, 0.717) is 0 Å². The maximum absolute atomic E-state index is 4.26. The van der Waals surface area contributed by atoms with Crippen molar-refractivity contribution in [3.63, 3.8) is 0 Å². The number of rotatable bonds is 7. The van der Waals surface area contributed by atoms with Gasteiger partial charge in [0.2, 0.25) is 0 Å². The van der Waals surface area contributed by atoms with Crippen LogP contribution in [0.5, 0.6) is 0 Å². The second-order valence-electron chi connectivity index (χ2n) is 5.16. The van der Waals surface area contributed by atoms with E-state index in [1.807, 2.05) is 18.8 Å². The van der Waals surface area contributed by atoms with E-state index < -0.39 is 0 Å². The number of nitrogens with one attached hydrogen (secondary N) is 2. The lowest BCUT2D eigenvalue weighted by atomic mass is 9.97. The molecule has 5 heteroatoms. The van der Waals surface area contributed by atoms with Gasteiger partial charge in [-0.1, -0.05) is 6.92 Å². The van der Waals surface area contributed by atoms with Crippen LogP contribution in [-0.4, -0.2) is 62.6 Å². The highest BCUT2D eigenvalue weighted by atomic mass is 32.2. The van der Waals surface area contributed by atoms with Crippen molar-refractivity contribution in [3.05, 3.63) is 0 Å². The third kappa shape index (κ3) is 7.06. The Hall–Kier alpha value is -0.420. The number of piperidine rings is 1. The van der Waals surface area contributed by atoms with Gasteiger partial charge in [-0.3, -0.25) is 4.99 Å². The summed E-state index contributed by atoms with van der Waals surface area (Å²) < 4.78 is 0. The zero-order chi connectivity index (χ0) is 13.9. The first-order chi connectivity index (χ1) is 9.30. The molecular weight excluding hydrogens is 256 g/mol. The van der Waals surface area contributed by atoms with E-state index in [2.05, 4.69) is 33.7 Å². The molecule has 0 saturated carbocycles. The minimum Gasteiger partial charge on any atom is -0.356 e. The van der Waals surface area contributed by atoms with Crippen molar-refractivity contribution < 1.29 is 0 Å². The number of hydrogen-bond acceptors (Lipinski definition) is 3. The van der Waals surface area contributed by atoms with Crippen LogP contribution in [0.1, 0.15) is 26.2 Å². The van der Waals surface area contributed by atoms with Crippen LogP contribution >= 0.6 is 11.8 Å². The Morgan fingerprint density at radius 1 is 1.32 bits per heavy atom. The normalized spacial score (nSPS) is 18.6. The van der Waals surface area contributed by atoms with E-state index in [1.54, 1.807) is 0 Å². The maximum Gasteiger partial charge on any atom is 0.191 e. The van der Waals surface area contributed by atoms with Crippen molar-refractivity contribution in [3.8, 4) is 0 Å². The molecule has 0 aromatic rings. The standard InChI is InChI=1S/C14H30N4S/c1-4-8-18-9-5-13(6-10-18)12-17-14(15-2)16-7-11-19-3/h13H,4-12H2,1-3H3,(H2,15,16,17). The van der Waals surface area contributed by atoms with Crippen molar-refractivity contribution in [2.24, 2.45) is 10.9 Å². The summed E-state index contributed by atoms with van der Waals surface area (Å²) in [6, 6.07) is 0. The summed E-state index contributed by atoms with van der Waals surface area (Å²) in [5.74, 6) is 2.87. The van der Waals surface area contributed by atoms with Crippen LogP contribution in [0, 0.1) is 5.92 Å². The molecule has 0 bridgehead atoms. The van der Waals surface area contributed by atoms with Gasteiger partial charge in [-0.2, -0.15) is 11.8 Å². The van der Waals surface area contributed by atoms with Gasteiger partial charge in [0.1, 0.15) is 0 Å². The SMILES string of the molecule is CCCN1CCC(CNC(=NC)NCCSC)CC1. The largest absolute Gasteiger partial charge is 0.356 e. The van der Waals surface area contributed by atoms with Gasteiger partial charge in [0, 0.05) is 25.9 Å². The fourth-order valence-corrected chi connectivity index (χ4v) is 2.77. The Kier molecular flexibility index (Phi) is 9.08.